The molecular formula is C19H21N3O. The molecule has 1 aliphatic carbocycles. The highest BCUT2D eigenvalue weighted by atomic mass is 16.5. The van der Waals surface area contributed by atoms with Crippen molar-refractivity contribution in [3.63, 3.8) is 0 Å². The number of aromatic nitrogens is 2. The first kappa shape index (κ1) is 14.4. The first-order valence-electron chi connectivity index (χ1n) is 8.31. The van der Waals surface area contributed by atoms with Gasteiger partial charge >= 0.3 is 0 Å². The molecule has 1 saturated carbocycles. The molecule has 2 aromatic carbocycles. The van der Waals surface area contributed by atoms with E-state index in [0.29, 0.717) is 18.0 Å². The first-order valence-corrected chi connectivity index (χ1v) is 8.31. The Kier molecular flexibility index (Phi) is 3.83. The van der Waals surface area contributed by atoms with Crippen molar-refractivity contribution in [3.05, 3.63) is 60.2 Å². The minimum atomic E-state index is 0.326. The van der Waals surface area contributed by atoms with Crippen LogP contribution in [0, 0.1) is 0 Å². The third-order valence-corrected chi connectivity index (χ3v) is 4.94. The van der Waals surface area contributed by atoms with Crippen LogP contribution < -0.4 is 5.32 Å². The maximum Gasteiger partial charge on any atom is 0.229 e. The number of hydrogen-bond acceptors (Lipinski definition) is 4. The zero-order valence-electron chi connectivity index (χ0n) is 13.3. The van der Waals surface area contributed by atoms with Gasteiger partial charge in [-0.05, 0) is 42.5 Å². The molecule has 1 fully saturated rings. The molecule has 0 amide bonds. The van der Waals surface area contributed by atoms with Crippen LogP contribution in [0.25, 0.3) is 10.8 Å². The van der Waals surface area contributed by atoms with Gasteiger partial charge in [0.25, 0.3) is 0 Å². The second kappa shape index (κ2) is 6.13. The van der Waals surface area contributed by atoms with E-state index in [1.54, 1.807) is 0 Å². The van der Waals surface area contributed by atoms with Crippen molar-refractivity contribution in [1.29, 1.82) is 0 Å². The van der Waals surface area contributed by atoms with Crippen LogP contribution in [-0.2, 0) is 0 Å². The van der Waals surface area contributed by atoms with E-state index in [0.717, 1.165) is 25.2 Å². The van der Waals surface area contributed by atoms with Gasteiger partial charge in [-0.1, -0.05) is 47.6 Å². The van der Waals surface area contributed by atoms with Crippen LogP contribution in [-0.4, -0.2) is 16.2 Å². The van der Waals surface area contributed by atoms with Gasteiger partial charge in [0.15, 0.2) is 6.33 Å². The van der Waals surface area contributed by atoms with Crippen LogP contribution in [0.15, 0.2) is 53.3 Å². The monoisotopic (exact) mass is 307 g/mol. The Hall–Kier alpha value is -2.20. The highest BCUT2D eigenvalue weighted by molar-refractivity contribution is 5.86. The fourth-order valence-electron chi connectivity index (χ4n) is 3.79. The lowest BCUT2D eigenvalue weighted by Crippen LogP contribution is -2.29. The molecule has 1 heterocycles. The summed E-state index contributed by atoms with van der Waals surface area (Å²) in [5.74, 6) is 1.18. The average Bonchev–Trinajstić information content (AvgIpc) is 3.25. The van der Waals surface area contributed by atoms with Crippen LogP contribution in [0.4, 0.5) is 0 Å². The lowest BCUT2D eigenvalue weighted by Gasteiger charge is -2.21. The molecule has 118 valence electrons. The first-order chi connectivity index (χ1) is 11.3. The minimum Gasteiger partial charge on any atom is -0.339 e. The summed E-state index contributed by atoms with van der Waals surface area (Å²) < 4.78 is 5.22. The minimum absolute atomic E-state index is 0.326. The average molecular weight is 307 g/mol. The van der Waals surface area contributed by atoms with Crippen molar-refractivity contribution in [3.8, 4) is 0 Å². The molecule has 2 unspecified atom stereocenters. The maximum atomic E-state index is 5.22. The summed E-state index contributed by atoms with van der Waals surface area (Å²) in [6, 6.07) is 16.0. The van der Waals surface area contributed by atoms with Crippen LogP contribution >= 0.6 is 0 Å². The van der Waals surface area contributed by atoms with E-state index in [-0.39, 0.29) is 0 Å². The zero-order valence-corrected chi connectivity index (χ0v) is 13.3. The van der Waals surface area contributed by atoms with Gasteiger partial charge in [0.2, 0.25) is 5.89 Å². The molecule has 0 radical (unpaired) electrons. The van der Waals surface area contributed by atoms with Crippen LogP contribution in [0.3, 0.4) is 0 Å². The summed E-state index contributed by atoms with van der Waals surface area (Å²) >= 11 is 0. The van der Waals surface area contributed by atoms with E-state index in [9.17, 15) is 0 Å². The summed E-state index contributed by atoms with van der Waals surface area (Å²) in [5, 5.41) is 10.2. The molecule has 1 N–H and O–H groups in total. The molecule has 1 aromatic heterocycles. The van der Waals surface area contributed by atoms with Gasteiger partial charge in [-0.3, -0.25) is 0 Å². The topological polar surface area (TPSA) is 51.0 Å². The van der Waals surface area contributed by atoms with Gasteiger partial charge in [-0.15, -0.1) is 0 Å². The number of hydrogen-bond donors (Lipinski definition) is 1. The standard InChI is InChI=1S/C19H21N3O/c1-13(17-8-4-6-14-5-2-3-7-18(14)17)22-16-10-9-15(11-16)19-20-12-21-23-19/h2-8,12-13,15-16,22H,9-11H2,1H3/t13-,15?,16?/m1/s1. The second-order valence-electron chi connectivity index (χ2n) is 6.44. The van der Waals surface area contributed by atoms with E-state index >= 15 is 0 Å². The Bertz CT molecular complexity index is 779. The van der Waals surface area contributed by atoms with E-state index in [2.05, 4.69) is 64.8 Å². The molecule has 3 aromatic rings. The SMILES string of the molecule is C[C@@H](NC1CCC(c2ncno2)C1)c1cccc2ccccc12. The molecule has 0 bridgehead atoms. The van der Waals surface area contributed by atoms with Gasteiger partial charge in [-0.2, -0.15) is 4.98 Å². The van der Waals surface area contributed by atoms with Gasteiger partial charge in [0, 0.05) is 18.0 Å². The predicted octanol–water partition coefficient (Wildman–Crippen LogP) is 4.21. The Morgan fingerprint density at radius 2 is 2.00 bits per heavy atom. The fourth-order valence-corrected chi connectivity index (χ4v) is 3.79. The number of rotatable bonds is 4. The van der Waals surface area contributed by atoms with E-state index in [4.69, 9.17) is 4.52 Å². The van der Waals surface area contributed by atoms with Crippen LogP contribution in [0.1, 0.15) is 49.6 Å². The summed E-state index contributed by atoms with van der Waals surface area (Å²) in [5.41, 5.74) is 1.37. The van der Waals surface area contributed by atoms with Crippen LogP contribution in [0.5, 0.6) is 0 Å². The lowest BCUT2D eigenvalue weighted by molar-refractivity contribution is 0.349. The Morgan fingerprint density at radius 3 is 2.87 bits per heavy atom. The highest BCUT2D eigenvalue weighted by Crippen LogP contribution is 2.34. The molecule has 4 heteroatoms. The molecule has 4 rings (SSSR count). The summed E-state index contributed by atoms with van der Waals surface area (Å²) in [6.07, 6.45) is 4.83. The Morgan fingerprint density at radius 1 is 1.13 bits per heavy atom. The zero-order chi connectivity index (χ0) is 15.6. The Labute approximate surface area is 135 Å². The molecular weight excluding hydrogens is 286 g/mol. The van der Waals surface area contributed by atoms with Crippen molar-refractivity contribution >= 4 is 10.8 Å². The molecule has 0 saturated heterocycles. The molecule has 0 spiro atoms. The quantitative estimate of drug-likeness (QED) is 0.784. The van der Waals surface area contributed by atoms with Crippen LogP contribution in [0.2, 0.25) is 0 Å². The van der Waals surface area contributed by atoms with Crippen molar-refractivity contribution in [2.24, 2.45) is 0 Å². The maximum absolute atomic E-state index is 5.22. The van der Waals surface area contributed by atoms with Crippen molar-refractivity contribution < 1.29 is 4.52 Å². The lowest BCUT2D eigenvalue weighted by atomic mass is 9.99. The third kappa shape index (κ3) is 2.86. The largest absolute Gasteiger partial charge is 0.339 e. The third-order valence-electron chi connectivity index (χ3n) is 4.94. The number of fused-ring (bicyclic) bond motifs is 1. The summed E-state index contributed by atoms with van der Waals surface area (Å²) in [4.78, 5) is 4.21. The fraction of sp³-hybridized carbons (Fsp3) is 0.368. The van der Waals surface area contributed by atoms with E-state index in [1.165, 1.54) is 22.7 Å². The normalized spacial score (nSPS) is 22.5. The van der Waals surface area contributed by atoms with Crippen molar-refractivity contribution in [1.82, 2.24) is 15.5 Å². The van der Waals surface area contributed by atoms with Gasteiger partial charge in [0.05, 0.1) is 0 Å². The summed E-state index contributed by atoms with van der Waals surface area (Å²) in [6.45, 7) is 2.25. The molecule has 0 aliphatic heterocycles. The number of benzene rings is 2. The number of nitrogens with one attached hydrogen (secondary N) is 1. The second-order valence-corrected chi connectivity index (χ2v) is 6.44. The Balaban J connectivity index is 1.49. The highest BCUT2D eigenvalue weighted by Gasteiger charge is 2.30. The van der Waals surface area contributed by atoms with Gasteiger partial charge < -0.3 is 9.84 Å². The van der Waals surface area contributed by atoms with E-state index < -0.39 is 0 Å². The van der Waals surface area contributed by atoms with Gasteiger partial charge in [-0.25, -0.2) is 0 Å². The molecule has 23 heavy (non-hydrogen) atoms. The summed E-state index contributed by atoms with van der Waals surface area (Å²) in [7, 11) is 0. The van der Waals surface area contributed by atoms with Crippen molar-refractivity contribution in [2.45, 2.75) is 44.2 Å². The molecule has 3 atom stereocenters. The predicted molar refractivity (Wildman–Crippen MR) is 90.2 cm³/mol. The smallest absolute Gasteiger partial charge is 0.229 e. The van der Waals surface area contributed by atoms with Gasteiger partial charge in [0.1, 0.15) is 0 Å². The van der Waals surface area contributed by atoms with E-state index in [1.807, 2.05) is 0 Å². The number of nitrogens with zero attached hydrogens (tertiary/aromatic N) is 2. The van der Waals surface area contributed by atoms with Crippen molar-refractivity contribution in [2.75, 3.05) is 0 Å². The molecule has 4 nitrogen and oxygen atoms in total. The molecule has 1 aliphatic rings.